The summed E-state index contributed by atoms with van der Waals surface area (Å²) >= 11 is 0. The summed E-state index contributed by atoms with van der Waals surface area (Å²) in [7, 11) is 0. The minimum Gasteiger partial charge on any atom is -0.395 e. The van der Waals surface area contributed by atoms with Gasteiger partial charge in [0.25, 0.3) is 0 Å². The molecule has 4 rings (SSSR count). The minimum absolute atomic E-state index is 0.0986. The van der Waals surface area contributed by atoms with Gasteiger partial charge in [0.05, 0.1) is 6.61 Å². The molecule has 2 heterocycles. The van der Waals surface area contributed by atoms with Crippen molar-refractivity contribution >= 4 is 6.03 Å². The van der Waals surface area contributed by atoms with Crippen molar-refractivity contribution in [1.29, 1.82) is 0 Å². The first-order chi connectivity index (χ1) is 15.2. The first-order valence-corrected chi connectivity index (χ1v) is 12.2. The Morgan fingerprint density at radius 3 is 2.58 bits per heavy atom. The number of nitrogens with one attached hydrogen (secondary N) is 1. The molecule has 3 aliphatic rings. The van der Waals surface area contributed by atoms with Crippen LogP contribution in [0, 0.1) is 11.8 Å². The first-order valence-electron chi connectivity index (χ1n) is 12.2. The first kappa shape index (κ1) is 22.2. The normalized spacial score (nSPS) is 26.8. The second-order valence-corrected chi connectivity index (χ2v) is 9.34. The quantitative estimate of drug-likeness (QED) is 0.726. The fourth-order valence-electron chi connectivity index (χ4n) is 5.54. The predicted octanol–water partition coefficient (Wildman–Crippen LogP) is 3.71. The number of rotatable bonds is 4. The molecule has 3 atom stereocenters. The molecule has 0 spiro atoms. The van der Waals surface area contributed by atoms with Crippen LogP contribution in [0.3, 0.4) is 0 Å². The lowest BCUT2D eigenvalue weighted by Crippen LogP contribution is -2.68. The molecule has 2 aliphatic heterocycles. The molecule has 1 aromatic carbocycles. The summed E-state index contributed by atoms with van der Waals surface area (Å²) in [6.07, 6.45) is 8.76. The topological polar surface area (TPSA) is 55.8 Å². The van der Waals surface area contributed by atoms with Crippen LogP contribution in [0.25, 0.3) is 0 Å². The maximum Gasteiger partial charge on any atom is 0.317 e. The number of unbranched alkanes of at least 4 members (excludes halogenated alkanes) is 1. The molecule has 1 aliphatic carbocycles. The summed E-state index contributed by atoms with van der Waals surface area (Å²) in [4.78, 5) is 17.4. The lowest BCUT2D eigenvalue weighted by molar-refractivity contribution is -0.0591. The molecule has 0 radical (unpaired) electrons. The van der Waals surface area contributed by atoms with Crippen LogP contribution in [-0.2, 0) is 0 Å². The van der Waals surface area contributed by atoms with E-state index >= 15 is 0 Å². The highest BCUT2D eigenvalue weighted by atomic mass is 16.3. The van der Waals surface area contributed by atoms with Gasteiger partial charge in [-0.05, 0) is 56.3 Å². The number of fused-ring (bicyclic) bond motifs is 1. The van der Waals surface area contributed by atoms with Crippen molar-refractivity contribution in [3.8, 4) is 11.8 Å². The molecule has 168 valence electrons. The molecule has 1 aromatic rings. The van der Waals surface area contributed by atoms with Gasteiger partial charge in [-0.25, -0.2) is 4.79 Å². The van der Waals surface area contributed by atoms with Crippen LogP contribution < -0.4 is 5.32 Å². The number of benzene rings is 1. The zero-order valence-corrected chi connectivity index (χ0v) is 18.9. The van der Waals surface area contributed by atoms with E-state index in [0.29, 0.717) is 6.04 Å². The number of amides is 2. The molecule has 3 fully saturated rings. The molecule has 31 heavy (non-hydrogen) atoms. The minimum atomic E-state index is 0.0986. The van der Waals surface area contributed by atoms with Crippen molar-refractivity contribution in [3.05, 3.63) is 35.4 Å². The fraction of sp³-hybridized carbons (Fsp3) is 0.654. The third-order valence-electron chi connectivity index (χ3n) is 7.24. The van der Waals surface area contributed by atoms with E-state index in [2.05, 4.69) is 53.2 Å². The number of nitrogens with zero attached hydrogens (tertiary/aromatic N) is 2. The second kappa shape index (κ2) is 10.5. The Kier molecular flexibility index (Phi) is 7.53. The molecule has 2 N–H and O–H groups in total. The van der Waals surface area contributed by atoms with E-state index in [1.54, 1.807) is 0 Å². The number of aliphatic hydroxyl groups excluding tert-OH is 1. The van der Waals surface area contributed by atoms with Gasteiger partial charge in [-0.1, -0.05) is 43.7 Å². The second-order valence-electron chi connectivity index (χ2n) is 9.34. The van der Waals surface area contributed by atoms with Gasteiger partial charge < -0.3 is 15.3 Å². The van der Waals surface area contributed by atoms with Crippen molar-refractivity contribution in [2.24, 2.45) is 0 Å². The van der Waals surface area contributed by atoms with E-state index in [0.717, 1.165) is 63.7 Å². The maximum absolute atomic E-state index is 13.0. The third kappa shape index (κ3) is 5.07. The number of hydrogen-bond acceptors (Lipinski definition) is 3. The van der Waals surface area contributed by atoms with Crippen LogP contribution in [0.1, 0.15) is 75.3 Å². The molecule has 0 bridgehead atoms. The zero-order valence-electron chi connectivity index (χ0n) is 18.9. The molecule has 1 saturated carbocycles. The number of urea groups is 1. The van der Waals surface area contributed by atoms with Crippen LogP contribution in [0.15, 0.2) is 24.3 Å². The van der Waals surface area contributed by atoms with Crippen LogP contribution >= 0.6 is 0 Å². The van der Waals surface area contributed by atoms with E-state index in [1.807, 2.05) is 4.90 Å². The van der Waals surface area contributed by atoms with Crippen molar-refractivity contribution in [3.63, 3.8) is 0 Å². The monoisotopic (exact) mass is 423 g/mol. The Labute approximate surface area is 187 Å². The van der Waals surface area contributed by atoms with Gasteiger partial charge in [-0.15, -0.1) is 0 Å². The average Bonchev–Trinajstić information content (AvgIpc) is 3.27. The molecular weight excluding hydrogens is 386 g/mol. The van der Waals surface area contributed by atoms with Gasteiger partial charge in [0, 0.05) is 49.1 Å². The van der Waals surface area contributed by atoms with Gasteiger partial charge in [0.15, 0.2) is 0 Å². The van der Waals surface area contributed by atoms with Crippen molar-refractivity contribution in [2.45, 2.75) is 82.3 Å². The van der Waals surface area contributed by atoms with Crippen LogP contribution in [0.4, 0.5) is 4.79 Å². The lowest BCUT2D eigenvalue weighted by atomic mass is 9.74. The van der Waals surface area contributed by atoms with Crippen molar-refractivity contribution in [1.82, 2.24) is 15.1 Å². The smallest absolute Gasteiger partial charge is 0.317 e. The van der Waals surface area contributed by atoms with E-state index in [4.69, 9.17) is 0 Å². The molecule has 0 aromatic heterocycles. The molecule has 2 amide bonds. The van der Waals surface area contributed by atoms with Gasteiger partial charge in [0.1, 0.15) is 0 Å². The van der Waals surface area contributed by atoms with Gasteiger partial charge in [-0.2, -0.15) is 0 Å². The van der Waals surface area contributed by atoms with Gasteiger partial charge in [0.2, 0.25) is 0 Å². The fourth-order valence-corrected chi connectivity index (χ4v) is 5.54. The average molecular weight is 424 g/mol. The Morgan fingerprint density at radius 1 is 1.13 bits per heavy atom. The molecule has 5 heteroatoms. The number of carbonyl (C=O) groups excluding carboxylic acids is 1. The summed E-state index contributed by atoms with van der Waals surface area (Å²) in [5.41, 5.74) is 2.29. The van der Waals surface area contributed by atoms with Crippen LogP contribution in [-0.4, -0.2) is 65.3 Å². The van der Waals surface area contributed by atoms with Gasteiger partial charge in [-0.3, -0.25) is 4.90 Å². The molecule has 5 nitrogen and oxygen atoms in total. The Balaban J connectivity index is 1.47. The standard InChI is InChI=1S/C26H37N3O2/c1-2-3-4-9-20-12-14-21(15-13-20)25-23-18-28(26(31)27-22-10-5-6-11-22)16-7-8-17-29(23)24(25)19-30/h12-15,22-25,30H,2-3,5-8,10-11,16-19H2,1H3,(H,27,31)/t23-,24-,25-/m0/s1. The summed E-state index contributed by atoms with van der Waals surface area (Å²) < 4.78 is 0. The largest absolute Gasteiger partial charge is 0.395 e. The summed E-state index contributed by atoms with van der Waals surface area (Å²) in [5.74, 6) is 6.69. The SMILES string of the molecule is CCCC#Cc1ccc([C@@H]2[C@H](CO)N3CCCCN(C(=O)NC4CCCC4)C[C@@H]23)cc1. The molecular formula is C26H37N3O2. The third-order valence-corrected chi connectivity index (χ3v) is 7.24. The van der Waals surface area contributed by atoms with Crippen LogP contribution in [0.2, 0.25) is 0 Å². The lowest BCUT2D eigenvalue weighted by Gasteiger charge is -2.57. The van der Waals surface area contributed by atoms with E-state index in [-0.39, 0.29) is 30.6 Å². The van der Waals surface area contributed by atoms with E-state index in [9.17, 15) is 9.90 Å². The Hall–Kier alpha value is -2.03. The number of carbonyl (C=O) groups is 1. The zero-order chi connectivity index (χ0) is 21.6. The van der Waals surface area contributed by atoms with Crippen molar-refractivity contribution in [2.75, 3.05) is 26.2 Å². The van der Waals surface area contributed by atoms with Crippen molar-refractivity contribution < 1.29 is 9.90 Å². The van der Waals surface area contributed by atoms with Crippen LogP contribution in [0.5, 0.6) is 0 Å². The highest BCUT2D eigenvalue weighted by Gasteiger charge is 2.49. The Morgan fingerprint density at radius 2 is 1.87 bits per heavy atom. The highest BCUT2D eigenvalue weighted by molar-refractivity contribution is 5.74. The highest BCUT2D eigenvalue weighted by Crippen LogP contribution is 2.42. The summed E-state index contributed by atoms with van der Waals surface area (Å²) in [6, 6.07) is 9.39. The number of hydrogen-bond donors (Lipinski definition) is 2. The Bertz CT molecular complexity index is 791. The van der Waals surface area contributed by atoms with E-state index < -0.39 is 0 Å². The summed E-state index contributed by atoms with van der Waals surface area (Å²) in [5, 5.41) is 13.4. The van der Waals surface area contributed by atoms with Gasteiger partial charge >= 0.3 is 6.03 Å². The molecule has 0 unspecified atom stereocenters. The maximum atomic E-state index is 13.0. The predicted molar refractivity (Wildman–Crippen MR) is 124 cm³/mol. The van der Waals surface area contributed by atoms with E-state index in [1.165, 1.54) is 18.4 Å². The molecule has 2 saturated heterocycles. The summed E-state index contributed by atoms with van der Waals surface area (Å²) in [6.45, 7) is 4.86. The number of aliphatic hydroxyl groups is 1.